The summed E-state index contributed by atoms with van der Waals surface area (Å²) in [6, 6.07) is 18.8. The summed E-state index contributed by atoms with van der Waals surface area (Å²) < 4.78 is 11.8. The average Bonchev–Trinajstić information content (AvgIpc) is 3.25. The lowest BCUT2D eigenvalue weighted by Gasteiger charge is -2.24. The predicted octanol–water partition coefficient (Wildman–Crippen LogP) is 3.56. The number of hydrogen-bond donors (Lipinski definition) is 0. The maximum Gasteiger partial charge on any atom is 0.134 e. The van der Waals surface area contributed by atoms with Crippen LogP contribution in [0.3, 0.4) is 0 Å². The summed E-state index contributed by atoms with van der Waals surface area (Å²) in [5, 5.41) is 0. The molecule has 1 heterocycles. The molecule has 1 aliphatic carbocycles. The number of aryl methyl sites for hydroxylation is 1. The molecule has 2 aromatic carbocycles. The minimum absolute atomic E-state index is 0.140. The van der Waals surface area contributed by atoms with Crippen molar-refractivity contribution in [2.45, 2.75) is 31.0 Å². The van der Waals surface area contributed by atoms with Crippen molar-refractivity contribution in [3.05, 3.63) is 65.7 Å². The van der Waals surface area contributed by atoms with Crippen LogP contribution in [-0.2, 0) is 11.2 Å². The number of hydrogen-bond acceptors (Lipinski definition) is 2. The highest BCUT2D eigenvalue weighted by molar-refractivity contribution is 5.36. The molecule has 2 aliphatic rings. The summed E-state index contributed by atoms with van der Waals surface area (Å²) in [4.78, 5) is 0. The van der Waals surface area contributed by atoms with E-state index >= 15 is 0 Å². The van der Waals surface area contributed by atoms with Gasteiger partial charge in [-0.3, -0.25) is 0 Å². The van der Waals surface area contributed by atoms with Crippen molar-refractivity contribution < 1.29 is 9.47 Å². The van der Waals surface area contributed by atoms with E-state index in [0.29, 0.717) is 5.92 Å². The van der Waals surface area contributed by atoms with E-state index in [0.717, 1.165) is 25.2 Å². The van der Waals surface area contributed by atoms with E-state index in [-0.39, 0.29) is 12.2 Å². The molecule has 1 saturated heterocycles. The molecule has 3 atom stereocenters. The Hall–Kier alpha value is -1.80. The van der Waals surface area contributed by atoms with Crippen molar-refractivity contribution in [3.63, 3.8) is 0 Å². The molecule has 0 spiro atoms. The van der Waals surface area contributed by atoms with Crippen molar-refractivity contribution >= 4 is 0 Å². The zero-order valence-corrected chi connectivity index (χ0v) is 11.4. The summed E-state index contributed by atoms with van der Waals surface area (Å²) in [5.74, 6) is 1.40. The predicted molar refractivity (Wildman–Crippen MR) is 78.1 cm³/mol. The summed E-state index contributed by atoms with van der Waals surface area (Å²) >= 11 is 0. The largest absolute Gasteiger partial charge is 0.487 e. The molecule has 0 N–H and O–H groups in total. The van der Waals surface area contributed by atoms with E-state index in [1.807, 2.05) is 30.3 Å². The number of fused-ring (bicyclic) bond motifs is 1. The molecule has 2 nitrogen and oxygen atoms in total. The van der Waals surface area contributed by atoms with Crippen LogP contribution in [0.5, 0.6) is 5.75 Å². The first-order valence-electron chi connectivity index (χ1n) is 7.33. The molecule has 0 bridgehead atoms. The van der Waals surface area contributed by atoms with Gasteiger partial charge in [0.2, 0.25) is 0 Å². The summed E-state index contributed by atoms with van der Waals surface area (Å²) in [6.45, 7) is 0.830. The monoisotopic (exact) mass is 266 g/mol. The first-order chi connectivity index (χ1) is 9.92. The van der Waals surface area contributed by atoms with Crippen LogP contribution < -0.4 is 4.74 Å². The van der Waals surface area contributed by atoms with E-state index < -0.39 is 0 Å². The van der Waals surface area contributed by atoms with Crippen LogP contribution in [0.25, 0.3) is 0 Å². The van der Waals surface area contributed by atoms with Gasteiger partial charge in [-0.05, 0) is 36.1 Å². The summed E-state index contributed by atoms with van der Waals surface area (Å²) in [5.41, 5.74) is 2.92. The van der Waals surface area contributed by atoms with E-state index in [2.05, 4.69) is 24.3 Å². The van der Waals surface area contributed by atoms with Crippen molar-refractivity contribution in [1.82, 2.24) is 0 Å². The molecular formula is C18H18O2. The maximum absolute atomic E-state index is 6.25. The molecule has 0 radical (unpaired) electrons. The van der Waals surface area contributed by atoms with Crippen molar-refractivity contribution in [1.29, 1.82) is 0 Å². The molecule has 2 heteroatoms. The van der Waals surface area contributed by atoms with Gasteiger partial charge < -0.3 is 9.47 Å². The first-order valence-corrected chi connectivity index (χ1v) is 7.33. The number of rotatable bonds is 4. The molecule has 0 aromatic heterocycles. The van der Waals surface area contributed by atoms with E-state index in [4.69, 9.17) is 9.47 Å². The summed E-state index contributed by atoms with van der Waals surface area (Å²) in [7, 11) is 0. The molecule has 4 rings (SSSR count). The fourth-order valence-electron chi connectivity index (χ4n) is 3.25. The Balaban J connectivity index is 1.61. The first kappa shape index (κ1) is 12.0. The minimum atomic E-state index is 0.140. The third-order valence-corrected chi connectivity index (χ3v) is 4.32. The zero-order valence-electron chi connectivity index (χ0n) is 11.4. The van der Waals surface area contributed by atoms with Crippen molar-refractivity contribution in [2.75, 3.05) is 6.61 Å². The molecule has 0 amide bonds. The molecule has 20 heavy (non-hydrogen) atoms. The van der Waals surface area contributed by atoms with Gasteiger partial charge in [0, 0.05) is 5.92 Å². The highest BCUT2D eigenvalue weighted by atomic mass is 16.6. The second-order valence-electron chi connectivity index (χ2n) is 5.61. The van der Waals surface area contributed by atoms with Gasteiger partial charge in [-0.2, -0.15) is 0 Å². The standard InChI is InChI=1S/C18H18O2/c1-2-7-14(8-3-1)20-18(17-12-19-17)16-11-10-13-6-4-5-9-15(13)16/h1-9,16-18H,10-12H2. The van der Waals surface area contributed by atoms with Crippen LogP contribution in [0.1, 0.15) is 23.5 Å². The summed E-state index contributed by atoms with van der Waals surface area (Å²) in [6.07, 6.45) is 2.71. The van der Waals surface area contributed by atoms with Crippen LogP contribution in [0, 0.1) is 0 Å². The van der Waals surface area contributed by atoms with Crippen molar-refractivity contribution in [2.24, 2.45) is 0 Å². The third kappa shape index (κ3) is 2.20. The lowest BCUT2D eigenvalue weighted by atomic mass is 9.93. The van der Waals surface area contributed by atoms with Gasteiger partial charge in [-0.25, -0.2) is 0 Å². The van der Waals surface area contributed by atoms with Crippen LogP contribution in [0.15, 0.2) is 54.6 Å². The molecule has 1 aliphatic heterocycles. The van der Waals surface area contributed by atoms with Gasteiger partial charge in [-0.1, -0.05) is 42.5 Å². The Morgan fingerprint density at radius 2 is 1.75 bits per heavy atom. The highest BCUT2D eigenvalue weighted by Gasteiger charge is 2.42. The quantitative estimate of drug-likeness (QED) is 0.789. The lowest BCUT2D eigenvalue weighted by molar-refractivity contribution is 0.131. The zero-order chi connectivity index (χ0) is 13.4. The SMILES string of the molecule is c1ccc(OC(C2CO2)C2CCc3ccccc32)cc1. The highest BCUT2D eigenvalue weighted by Crippen LogP contribution is 2.40. The normalized spacial score (nSPS) is 25.0. The fraction of sp³-hybridized carbons (Fsp3) is 0.333. The maximum atomic E-state index is 6.25. The third-order valence-electron chi connectivity index (χ3n) is 4.32. The van der Waals surface area contributed by atoms with Crippen molar-refractivity contribution in [3.8, 4) is 5.75 Å². The smallest absolute Gasteiger partial charge is 0.134 e. The Morgan fingerprint density at radius 3 is 2.55 bits per heavy atom. The topological polar surface area (TPSA) is 21.8 Å². The Kier molecular flexibility index (Phi) is 2.96. The van der Waals surface area contributed by atoms with Gasteiger partial charge in [0.15, 0.2) is 0 Å². The van der Waals surface area contributed by atoms with Crippen LogP contribution in [0.4, 0.5) is 0 Å². The minimum Gasteiger partial charge on any atom is -0.487 e. The van der Waals surface area contributed by atoms with Gasteiger partial charge >= 0.3 is 0 Å². The molecule has 2 aromatic rings. The van der Waals surface area contributed by atoms with Crippen LogP contribution in [-0.4, -0.2) is 18.8 Å². The van der Waals surface area contributed by atoms with Gasteiger partial charge in [-0.15, -0.1) is 0 Å². The van der Waals surface area contributed by atoms with E-state index in [1.54, 1.807) is 0 Å². The lowest BCUT2D eigenvalue weighted by Crippen LogP contribution is -2.30. The van der Waals surface area contributed by atoms with Crippen LogP contribution in [0.2, 0.25) is 0 Å². The molecule has 3 unspecified atom stereocenters. The Labute approximate surface area is 119 Å². The number of epoxide rings is 1. The number of ether oxygens (including phenoxy) is 2. The van der Waals surface area contributed by atoms with Crippen LogP contribution >= 0.6 is 0 Å². The molecule has 102 valence electrons. The molecular weight excluding hydrogens is 248 g/mol. The van der Waals surface area contributed by atoms with Gasteiger partial charge in [0.25, 0.3) is 0 Å². The number of benzene rings is 2. The second-order valence-corrected chi connectivity index (χ2v) is 5.61. The van der Waals surface area contributed by atoms with Gasteiger partial charge in [0.05, 0.1) is 6.61 Å². The molecule has 1 fully saturated rings. The second kappa shape index (κ2) is 4.95. The molecule has 0 saturated carbocycles. The average molecular weight is 266 g/mol. The van der Waals surface area contributed by atoms with E-state index in [1.165, 1.54) is 11.1 Å². The van der Waals surface area contributed by atoms with Gasteiger partial charge in [0.1, 0.15) is 18.0 Å². The van der Waals surface area contributed by atoms with E-state index in [9.17, 15) is 0 Å². The fourth-order valence-corrected chi connectivity index (χ4v) is 3.25. The number of para-hydroxylation sites is 1. The Morgan fingerprint density at radius 1 is 1.00 bits per heavy atom. The Bertz CT molecular complexity index is 589.